The molecule has 0 aromatic heterocycles. The van der Waals surface area contributed by atoms with Crippen LogP contribution in [-0.2, 0) is 24.0 Å². The number of aromatic hydroxyl groups is 2. The van der Waals surface area contributed by atoms with Gasteiger partial charge in [0.15, 0.2) is 17.6 Å². The van der Waals surface area contributed by atoms with Crippen molar-refractivity contribution in [3.63, 3.8) is 0 Å². The summed E-state index contributed by atoms with van der Waals surface area (Å²) in [5.41, 5.74) is 6.84. The number of hydrogen-bond donors (Lipinski definition) is 8. The van der Waals surface area contributed by atoms with Crippen LogP contribution in [0.4, 0.5) is 0 Å². The van der Waals surface area contributed by atoms with Crippen LogP contribution in [-0.4, -0.2) is 103 Å². The average molecular weight is 875 g/mol. The molecule has 0 fully saturated rings. The number of phenolic OH excluding ortho intramolecular Hbond substituents is 2. The second kappa shape index (κ2) is 18.1. The van der Waals surface area contributed by atoms with Crippen molar-refractivity contribution >= 4 is 12.2 Å². The lowest BCUT2D eigenvalue weighted by Gasteiger charge is -2.48. The van der Waals surface area contributed by atoms with Gasteiger partial charge < -0.3 is 55.1 Å². The molecule has 13 nitrogen and oxygen atoms in total. The number of benzene rings is 4. The smallest absolute Gasteiger partial charge is 0.161 e. The van der Waals surface area contributed by atoms with Crippen molar-refractivity contribution in [2.75, 3.05) is 59.9 Å². The zero-order chi connectivity index (χ0) is 44.8. The zero-order valence-electron chi connectivity index (χ0n) is 37.2. The van der Waals surface area contributed by atoms with Crippen LogP contribution in [0.5, 0.6) is 28.7 Å². The van der Waals surface area contributed by atoms with E-state index in [9.17, 15) is 25.5 Å². The number of nitrogens with one attached hydrogen (secondary N) is 3. The molecule has 0 radical (unpaired) electrons. The molecule has 9 rings (SSSR count). The number of allylic oxidation sites excluding steroid dienone is 1. The van der Waals surface area contributed by atoms with E-state index in [0.717, 1.165) is 55.3 Å². The molecule has 4 aromatic rings. The van der Waals surface area contributed by atoms with E-state index in [0.29, 0.717) is 75.6 Å². The van der Waals surface area contributed by atoms with Crippen LogP contribution in [0, 0.1) is 5.92 Å². The van der Waals surface area contributed by atoms with Crippen molar-refractivity contribution in [2.24, 2.45) is 10.9 Å². The highest BCUT2D eigenvalue weighted by atomic mass is 16.6. The van der Waals surface area contributed by atoms with E-state index in [2.05, 4.69) is 71.2 Å². The summed E-state index contributed by atoms with van der Waals surface area (Å²) in [5, 5.41) is 65.9. The monoisotopic (exact) mass is 874 g/mol. The summed E-state index contributed by atoms with van der Waals surface area (Å²) in [6.07, 6.45) is 8.24. The number of aliphatic hydroxyl groups excluding tert-OH is 2. The number of nitrogens with zero attached hydrogens (tertiary/aromatic N) is 1. The molecule has 5 aliphatic rings. The molecular formula is C51H62N4O9. The molecule has 13 heteroatoms. The third-order valence-electron chi connectivity index (χ3n) is 13.5. The van der Waals surface area contributed by atoms with Gasteiger partial charge in [-0.1, -0.05) is 50.3 Å². The predicted molar refractivity (Wildman–Crippen MR) is 245 cm³/mol. The highest BCUT2D eigenvalue weighted by molar-refractivity contribution is 5.89. The normalized spacial score (nSPS) is 23.3. The van der Waals surface area contributed by atoms with Crippen molar-refractivity contribution in [2.45, 2.75) is 88.1 Å². The van der Waals surface area contributed by atoms with E-state index in [1.807, 2.05) is 26.1 Å². The van der Waals surface area contributed by atoms with Crippen molar-refractivity contribution in [1.29, 1.82) is 0 Å². The topological polar surface area (TPSA) is 187 Å². The van der Waals surface area contributed by atoms with Crippen molar-refractivity contribution in [1.82, 2.24) is 16.0 Å². The van der Waals surface area contributed by atoms with Crippen LogP contribution in [0.3, 0.4) is 0 Å². The maximum Gasteiger partial charge on any atom is 0.161 e. The van der Waals surface area contributed by atoms with Crippen LogP contribution in [0.25, 0.3) is 23.3 Å². The summed E-state index contributed by atoms with van der Waals surface area (Å²) >= 11 is 0. The fraction of sp³-hybridized carbons (Fsp3) is 0.471. The molecule has 64 heavy (non-hydrogen) atoms. The average Bonchev–Trinajstić information content (AvgIpc) is 3.76. The Bertz CT molecular complexity index is 2560. The van der Waals surface area contributed by atoms with Gasteiger partial charge in [0.25, 0.3) is 0 Å². The Hall–Kier alpha value is -4.99. The minimum atomic E-state index is -1.04. The molecule has 0 bridgehead atoms. The Balaban J connectivity index is 1.20. The van der Waals surface area contributed by atoms with Crippen LogP contribution >= 0.6 is 0 Å². The third kappa shape index (κ3) is 8.28. The third-order valence-corrected chi connectivity index (χ3v) is 13.5. The molecule has 0 saturated heterocycles. The van der Waals surface area contributed by atoms with E-state index in [-0.39, 0.29) is 55.6 Å². The molecular weight excluding hydrogens is 813 g/mol. The fourth-order valence-corrected chi connectivity index (χ4v) is 10.9. The Kier molecular flexibility index (Phi) is 12.5. The van der Waals surface area contributed by atoms with Gasteiger partial charge in [-0.3, -0.25) is 10.3 Å². The van der Waals surface area contributed by atoms with E-state index >= 15 is 0 Å². The summed E-state index contributed by atoms with van der Waals surface area (Å²) in [5.74, 6) is 2.11. The summed E-state index contributed by atoms with van der Waals surface area (Å²) in [4.78, 5) is 4.65. The minimum Gasteiger partial charge on any atom is -0.507 e. The Morgan fingerprint density at radius 2 is 1.80 bits per heavy atom. The molecule has 4 aromatic carbocycles. The summed E-state index contributed by atoms with van der Waals surface area (Å²) < 4.78 is 27.1. The summed E-state index contributed by atoms with van der Waals surface area (Å²) in [6.45, 7) is 7.70. The van der Waals surface area contributed by atoms with Gasteiger partial charge in [0.2, 0.25) is 0 Å². The molecule has 8 N–H and O–H groups in total. The highest BCUT2D eigenvalue weighted by Crippen LogP contribution is 2.60. The molecule has 0 amide bonds. The summed E-state index contributed by atoms with van der Waals surface area (Å²) in [7, 11) is 1.84. The first-order chi connectivity index (χ1) is 30.9. The van der Waals surface area contributed by atoms with Crippen LogP contribution in [0.2, 0.25) is 0 Å². The largest absolute Gasteiger partial charge is 0.507 e. The van der Waals surface area contributed by atoms with Gasteiger partial charge in [-0.05, 0) is 115 Å². The van der Waals surface area contributed by atoms with Gasteiger partial charge in [0.05, 0.1) is 37.4 Å². The number of fused-ring (bicyclic) bond motifs is 8. The van der Waals surface area contributed by atoms with Crippen LogP contribution in [0.1, 0.15) is 90.5 Å². The molecule has 6 unspecified atom stereocenters. The lowest BCUT2D eigenvalue weighted by molar-refractivity contribution is -0.129. The van der Waals surface area contributed by atoms with Gasteiger partial charge in [-0.15, -0.1) is 0 Å². The predicted octanol–water partition coefficient (Wildman–Crippen LogP) is 4.23. The molecule has 3 heterocycles. The minimum absolute atomic E-state index is 0.000938. The number of rotatable bonds is 17. The van der Waals surface area contributed by atoms with Crippen molar-refractivity contribution in [3.8, 4) is 39.9 Å². The zero-order valence-corrected chi connectivity index (χ0v) is 37.2. The van der Waals surface area contributed by atoms with E-state index in [4.69, 9.17) is 18.9 Å². The highest BCUT2D eigenvalue weighted by Gasteiger charge is 2.51. The molecule has 2 aliphatic carbocycles. The first-order valence-corrected chi connectivity index (χ1v) is 22.8. The van der Waals surface area contributed by atoms with Crippen molar-refractivity contribution in [3.05, 3.63) is 104 Å². The van der Waals surface area contributed by atoms with E-state index in [1.54, 1.807) is 18.2 Å². The number of ether oxygens (including phenoxy) is 4. The second-order valence-corrected chi connectivity index (χ2v) is 18.8. The van der Waals surface area contributed by atoms with Crippen LogP contribution in [0.15, 0.2) is 59.6 Å². The first kappa shape index (κ1) is 44.2. The van der Waals surface area contributed by atoms with E-state index < -0.39 is 23.4 Å². The lowest BCUT2D eigenvalue weighted by Crippen LogP contribution is -2.56. The fourth-order valence-electron chi connectivity index (χ4n) is 10.9. The molecule has 0 saturated carbocycles. The Labute approximate surface area is 374 Å². The van der Waals surface area contributed by atoms with Gasteiger partial charge in [-0.25, -0.2) is 0 Å². The van der Waals surface area contributed by atoms with Crippen LogP contribution < -0.4 is 40.7 Å². The number of aliphatic hydroxyl groups is 3. The SMILES string of the molecule is CNCOC1(CNCNCC(C)(O)CC(C)C)Cc2c3c(c4c(c2OC1c1ccc(O)c(OCCO)c1)CCC(CO)O4)-c1ccc(O)c2c1C(C3)C(c1ccc3c(c1)=CCN=3)C=C2. The Morgan fingerprint density at radius 1 is 0.969 bits per heavy atom. The molecule has 6 atom stereocenters. The Morgan fingerprint density at radius 3 is 2.59 bits per heavy atom. The number of phenols is 2. The standard InChI is InChI=1S/C51H62N4O9/c1-29(2)22-50(3,60)25-53-27-54-26-51(62-28-52-4)23-40-39-21-38-34(30-5-12-41-31(19-30)15-16-55-41)9-10-35-42(58)14-11-36(45(35)38)46(39)48-37(8-7-33(24-57)63-48)47(40)64-49(51)32-6-13-43(59)44(20-32)61-18-17-56/h5-6,9-15,19-20,29,33-34,38,49,52-54,56-60H,7-8,16-18,21-28H2,1-4H3. The maximum atomic E-state index is 11.4. The quantitative estimate of drug-likeness (QED) is 0.0559. The first-order valence-electron chi connectivity index (χ1n) is 22.8. The lowest BCUT2D eigenvalue weighted by atomic mass is 9.64. The van der Waals surface area contributed by atoms with Gasteiger partial charge in [0.1, 0.15) is 35.6 Å². The molecule has 3 aliphatic heterocycles. The maximum absolute atomic E-state index is 11.4. The van der Waals surface area contributed by atoms with Gasteiger partial charge in [-0.2, -0.15) is 0 Å². The van der Waals surface area contributed by atoms with E-state index in [1.165, 1.54) is 5.56 Å². The second-order valence-electron chi connectivity index (χ2n) is 18.8. The van der Waals surface area contributed by atoms with Crippen molar-refractivity contribution < 1.29 is 44.5 Å². The number of hydrogen-bond acceptors (Lipinski definition) is 13. The molecule has 0 spiro atoms. The summed E-state index contributed by atoms with van der Waals surface area (Å²) in [6, 6.07) is 15.5. The molecule has 340 valence electrons. The van der Waals surface area contributed by atoms with Gasteiger partial charge >= 0.3 is 0 Å². The van der Waals surface area contributed by atoms with Gasteiger partial charge in [0, 0.05) is 54.4 Å².